The number of carbonyl (C=O) groups excluding carboxylic acids is 2. The molecule has 0 saturated carbocycles. The van der Waals surface area contributed by atoms with E-state index < -0.39 is 12.2 Å². The topological polar surface area (TPSA) is 77.5 Å². The molecule has 6 aromatic carbocycles. The molecule has 0 radical (unpaired) electrons. The first-order chi connectivity index (χ1) is 25.7. The van der Waals surface area contributed by atoms with Crippen LogP contribution in [0, 0.1) is 0 Å². The number of carbonyl (C=O) groups is 2. The molecule has 2 saturated heterocycles. The number of fused-ring (bicyclic) bond motifs is 10. The minimum absolute atomic E-state index is 0.0876. The van der Waals surface area contributed by atoms with Crippen molar-refractivity contribution in [2.24, 2.45) is 0 Å². The van der Waals surface area contributed by atoms with Gasteiger partial charge in [-0.1, -0.05) is 97.1 Å². The molecule has 2 amide bonds. The lowest BCUT2D eigenvalue weighted by atomic mass is 9.85. The molecular formula is C44H38N2O6. The highest BCUT2D eigenvalue weighted by atomic mass is 16.5. The largest absolute Gasteiger partial charge is 0.493 e. The first-order valence-electron chi connectivity index (χ1n) is 18.0. The van der Waals surface area contributed by atoms with Crippen LogP contribution in [0.3, 0.4) is 0 Å². The number of para-hydroxylation sites is 2. The van der Waals surface area contributed by atoms with Crippen LogP contribution in [0.25, 0.3) is 21.5 Å². The third-order valence-corrected chi connectivity index (χ3v) is 10.4. The highest BCUT2D eigenvalue weighted by Crippen LogP contribution is 2.47. The van der Waals surface area contributed by atoms with Crippen LogP contribution in [0.2, 0.25) is 0 Å². The maximum Gasteiger partial charge on any atom is 0.266 e. The second-order valence-corrected chi connectivity index (χ2v) is 13.5. The number of rotatable bonds is 4. The Balaban J connectivity index is 1.10. The Bertz CT molecular complexity index is 2100. The van der Waals surface area contributed by atoms with Crippen molar-refractivity contribution in [1.82, 2.24) is 9.80 Å². The molecule has 6 aromatic rings. The van der Waals surface area contributed by atoms with E-state index in [9.17, 15) is 9.59 Å². The fourth-order valence-corrected chi connectivity index (χ4v) is 7.92. The number of benzene rings is 6. The van der Waals surface area contributed by atoms with Crippen molar-refractivity contribution in [3.8, 4) is 23.0 Å². The van der Waals surface area contributed by atoms with E-state index in [1.807, 2.05) is 107 Å². The quantitative estimate of drug-likeness (QED) is 0.175. The summed E-state index contributed by atoms with van der Waals surface area (Å²) in [5.41, 5.74) is 1.86. The lowest BCUT2D eigenvalue weighted by Crippen LogP contribution is -2.63. The summed E-state index contributed by atoms with van der Waals surface area (Å²) >= 11 is 0. The number of hydrogen-bond donors (Lipinski definition) is 0. The summed E-state index contributed by atoms with van der Waals surface area (Å²) in [6, 6.07) is 42.7. The number of nitrogens with zero attached hydrogens (tertiary/aromatic N) is 2. The zero-order valence-electron chi connectivity index (χ0n) is 28.6. The van der Waals surface area contributed by atoms with Gasteiger partial charge in [0, 0.05) is 30.6 Å². The van der Waals surface area contributed by atoms with Crippen LogP contribution in [0.5, 0.6) is 23.0 Å². The molecule has 0 aromatic heterocycles. The van der Waals surface area contributed by atoms with E-state index in [0.29, 0.717) is 50.6 Å². The molecule has 52 heavy (non-hydrogen) atoms. The highest BCUT2D eigenvalue weighted by molar-refractivity contribution is 5.96. The summed E-state index contributed by atoms with van der Waals surface area (Å²) < 4.78 is 25.9. The molecule has 3 heterocycles. The molecule has 9 rings (SSSR count). The van der Waals surface area contributed by atoms with Crippen molar-refractivity contribution in [3.05, 3.63) is 145 Å². The second kappa shape index (κ2) is 13.6. The van der Waals surface area contributed by atoms with Crippen LogP contribution in [0.15, 0.2) is 133 Å². The van der Waals surface area contributed by atoms with Gasteiger partial charge in [-0.15, -0.1) is 0 Å². The maximum atomic E-state index is 14.0. The average Bonchev–Trinajstić information content (AvgIpc) is 3.19. The van der Waals surface area contributed by atoms with Crippen molar-refractivity contribution in [2.75, 3.05) is 26.3 Å². The Labute approximate surface area is 302 Å². The number of hydrogen-bond acceptors (Lipinski definition) is 6. The second-order valence-electron chi connectivity index (χ2n) is 13.5. The van der Waals surface area contributed by atoms with Gasteiger partial charge in [-0.25, -0.2) is 0 Å². The molecule has 0 spiro atoms. The third-order valence-electron chi connectivity index (χ3n) is 10.4. The molecule has 3 aliphatic heterocycles. The Morgan fingerprint density at radius 2 is 0.904 bits per heavy atom. The van der Waals surface area contributed by atoms with Gasteiger partial charge in [0.2, 0.25) is 12.2 Å². The third kappa shape index (κ3) is 5.64. The van der Waals surface area contributed by atoms with Crippen LogP contribution in [-0.2, 0) is 9.59 Å². The smallest absolute Gasteiger partial charge is 0.266 e. The summed E-state index contributed by atoms with van der Waals surface area (Å²) in [6.07, 6.45) is -0.272. The molecule has 4 atom stereocenters. The van der Waals surface area contributed by atoms with Gasteiger partial charge in [-0.05, 0) is 64.4 Å². The highest BCUT2D eigenvalue weighted by Gasteiger charge is 2.54. The molecule has 2 fully saturated rings. The summed E-state index contributed by atoms with van der Waals surface area (Å²) in [5, 5.41) is 4.15. The maximum absolute atomic E-state index is 14.0. The van der Waals surface area contributed by atoms with Crippen LogP contribution < -0.4 is 18.9 Å². The molecular weight excluding hydrogens is 652 g/mol. The van der Waals surface area contributed by atoms with E-state index in [0.717, 1.165) is 44.2 Å². The molecule has 0 unspecified atom stereocenters. The van der Waals surface area contributed by atoms with Crippen LogP contribution in [-0.4, -0.2) is 60.1 Å². The van der Waals surface area contributed by atoms with Crippen molar-refractivity contribution in [1.29, 1.82) is 0 Å². The molecule has 3 aliphatic rings. The lowest BCUT2D eigenvalue weighted by molar-refractivity contribution is -0.167. The lowest BCUT2D eigenvalue weighted by Gasteiger charge is -2.49. The predicted molar refractivity (Wildman–Crippen MR) is 199 cm³/mol. The van der Waals surface area contributed by atoms with Gasteiger partial charge in [0.15, 0.2) is 0 Å². The van der Waals surface area contributed by atoms with Gasteiger partial charge in [0.1, 0.15) is 35.1 Å². The predicted octanol–water partition coefficient (Wildman–Crippen LogP) is 7.91. The Kier molecular flexibility index (Phi) is 8.35. The van der Waals surface area contributed by atoms with Crippen molar-refractivity contribution in [3.63, 3.8) is 0 Å². The summed E-state index contributed by atoms with van der Waals surface area (Å²) in [5.74, 6) is 2.54. The Morgan fingerprint density at radius 1 is 0.481 bits per heavy atom. The molecule has 0 N–H and O–H groups in total. The van der Waals surface area contributed by atoms with E-state index >= 15 is 0 Å². The fraction of sp³-hybridized carbons (Fsp3) is 0.227. The minimum atomic E-state index is -0.724. The molecule has 0 aliphatic carbocycles. The standard InChI is InChI=1S/C44H38N2O6/c47-43-41(51-31-15-3-1-4-16-31)39-37-33-19-9-7-13-29(33)21-23-35(37)49-27-12-28-50-36-24-22-30-14-8-10-20-34(30)38(36)40-42(52-32-17-5-2-6-18-32)44(48)46(40)26-11-25-45(39)43/h1-10,13-24,39-42H,11-12,25-28H2/t39-,40-,41+,42+/m0/s1. The van der Waals surface area contributed by atoms with Crippen molar-refractivity contribution >= 4 is 33.4 Å². The van der Waals surface area contributed by atoms with Gasteiger partial charge in [-0.3, -0.25) is 9.59 Å². The Morgan fingerprint density at radius 3 is 1.37 bits per heavy atom. The average molecular weight is 691 g/mol. The van der Waals surface area contributed by atoms with Crippen LogP contribution in [0.4, 0.5) is 0 Å². The monoisotopic (exact) mass is 690 g/mol. The van der Waals surface area contributed by atoms with E-state index in [4.69, 9.17) is 18.9 Å². The molecule has 0 bridgehead atoms. The zero-order chi connectivity index (χ0) is 35.0. The van der Waals surface area contributed by atoms with Gasteiger partial charge >= 0.3 is 0 Å². The minimum Gasteiger partial charge on any atom is -0.493 e. The summed E-state index contributed by atoms with van der Waals surface area (Å²) in [7, 11) is 0. The molecule has 8 nitrogen and oxygen atoms in total. The summed E-state index contributed by atoms with van der Waals surface area (Å²) in [6.45, 7) is 1.68. The summed E-state index contributed by atoms with van der Waals surface area (Å²) in [4.78, 5) is 31.8. The van der Waals surface area contributed by atoms with Crippen molar-refractivity contribution in [2.45, 2.75) is 37.1 Å². The zero-order valence-corrected chi connectivity index (χ0v) is 28.6. The van der Waals surface area contributed by atoms with Gasteiger partial charge < -0.3 is 28.7 Å². The molecule has 260 valence electrons. The van der Waals surface area contributed by atoms with E-state index in [-0.39, 0.29) is 23.9 Å². The van der Waals surface area contributed by atoms with Crippen LogP contribution >= 0.6 is 0 Å². The van der Waals surface area contributed by atoms with E-state index in [1.54, 1.807) is 0 Å². The van der Waals surface area contributed by atoms with Crippen molar-refractivity contribution < 1.29 is 28.5 Å². The first kappa shape index (κ1) is 31.9. The van der Waals surface area contributed by atoms with Gasteiger partial charge in [-0.2, -0.15) is 0 Å². The SMILES string of the molecule is O=C1[C@H](Oc2ccccc2)[C@@H]2c3c(ccc4ccccc34)OCCCOc3ccc4ccccc4c3[C@H]3[C@@H](Oc4ccccc4)C(=O)N3CCCN12. The molecule has 8 heteroatoms. The Hall–Kier alpha value is -6.02. The number of amides is 2. The van der Waals surface area contributed by atoms with Gasteiger partial charge in [0.25, 0.3) is 11.8 Å². The normalized spacial score (nSPS) is 21.7. The fourth-order valence-electron chi connectivity index (χ4n) is 7.92. The van der Waals surface area contributed by atoms with E-state index in [2.05, 4.69) is 36.4 Å². The number of β-lactam (4-membered cyclic amide) rings is 2. The van der Waals surface area contributed by atoms with Gasteiger partial charge in [0.05, 0.1) is 13.2 Å². The number of ether oxygens (including phenoxy) is 4. The van der Waals surface area contributed by atoms with Crippen LogP contribution in [0.1, 0.15) is 36.1 Å². The van der Waals surface area contributed by atoms with E-state index in [1.165, 1.54) is 0 Å². The first-order valence-corrected chi connectivity index (χ1v) is 18.0.